The molecule has 0 atom stereocenters. The minimum Gasteiger partial charge on any atom is -0.489 e. The Morgan fingerprint density at radius 2 is 1.78 bits per heavy atom. The molecule has 27 heavy (non-hydrogen) atoms. The standard InChI is InChI=1S/C23H17FO3/c1-15-20-11-10-19(26-14-16-6-5-9-18(24)12-16)13-21(20)27-23(25)22(15)17-7-3-2-4-8-17/h2-13H,14H2,1H3. The van der Waals surface area contributed by atoms with Crippen LogP contribution in [0, 0.1) is 12.7 Å². The Labute approximate surface area is 155 Å². The van der Waals surface area contributed by atoms with E-state index < -0.39 is 0 Å². The van der Waals surface area contributed by atoms with Gasteiger partial charge >= 0.3 is 5.63 Å². The summed E-state index contributed by atoms with van der Waals surface area (Å²) in [7, 11) is 0. The van der Waals surface area contributed by atoms with Crippen LogP contribution in [0.5, 0.6) is 5.75 Å². The molecule has 3 aromatic carbocycles. The summed E-state index contributed by atoms with van der Waals surface area (Å²) >= 11 is 0. The van der Waals surface area contributed by atoms with Crippen LogP contribution in [-0.4, -0.2) is 0 Å². The van der Waals surface area contributed by atoms with Crippen LogP contribution >= 0.6 is 0 Å². The average molecular weight is 360 g/mol. The summed E-state index contributed by atoms with van der Waals surface area (Å²) in [6.07, 6.45) is 0. The second-order valence-corrected chi connectivity index (χ2v) is 6.33. The highest BCUT2D eigenvalue weighted by Crippen LogP contribution is 2.29. The molecule has 0 amide bonds. The molecule has 0 bridgehead atoms. The van der Waals surface area contributed by atoms with Crippen LogP contribution in [0.15, 0.2) is 82.0 Å². The molecule has 0 saturated heterocycles. The molecule has 4 aromatic rings. The molecule has 1 heterocycles. The Balaban J connectivity index is 1.68. The third kappa shape index (κ3) is 3.47. The van der Waals surface area contributed by atoms with E-state index in [0.717, 1.165) is 22.1 Å². The molecule has 0 aliphatic heterocycles. The lowest BCUT2D eigenvalue weighted by molar-refractivity contribution is 0.305. The quantitative estimate of drug-likeness (QED) is 0.452. The zero-order chi connectivity index (χ0) is 18.8. The van der Waals surface area contributed by atoms with Gasteiger partial charge in [0.15, 0.2) is 0 Å². The minimum absolute atomic E-state index is 0.231. The van der Waals surface area contributed by atoms with Crippen LogP contribution in [0.1, 0.15) is 11.1 Å². The Bertz CT molecular complexity index is 1160. The maximum Gasteiger partial charge on any atom is 0.344 e. The van der Waals surface area contributed by atoms with Gasteiger partial charge in [-0.15, -0.1) is 0 Å². The maximum absolute atomic E-state index is 13.3. The molecule has 0 spiro atoms. The molecular formula is C23H17FO3. The van der Waals surface area contributed by atoms with Gasteiger partial charge in [0.25, 0.3) is 0 Å². The van der Waals surface area contributed by atoms with Gasteiger partial charge < -0.3 is 9.15 Å². The molecule has 4 heteroatoms. The number of halogens is 1. The topological polar surface area (TPSA) is 39.4 Å². The van der Waals surface area contributed by atoms with E-state index in [1.54, 1.807) is 18.2 Å². The average Bonchev–Trinajstić information content (AvgIpc) is 2.67. The minimum atomic E-state index is -0.381. The zero-order valence-electron chi connectivity index (χ0n) is 14.7. The number of ether oxygens (including phenoxy) is 1. The first-order chi connectivity index (χ1) is 13.1. The fourth-order valence-electron chi connectivity index (χ4n) is 3.16. The first-order valence-electron chi connectivity index (χ1n) is 8.62. The Kier molecular flexibility index (Phi) is 4.47. The van der Waals surface area contributed by atoms with E-state index in [0.29, 0.717) is 16.9 Å². The van der Waals surface area contributed by atoms with Gasteiger partial charge in [0.1, 0.15) is 23.8 Å². The van der Waals surface area contributed by atoms with Crippen LogP contribution in [0.3, 0.4) is 0 Å². The first-order valence-corrected chi connectivity index (χ1v) is 8.62. The van der Waals surface area contributed by atoms with E-state index in [9.17, 15) is 9.18 Å². The van der Waals surface area contributed by atoms with Crippen molar-refractivity contribution in [3.05, 3.63) is 100 Å². The lowest BCUT2D eigenvalue weighted by atomic mass is 10.00. The molecule has 3 nitrogen and oxygen atoms in total. The first kappa shape index (κ1) is 17.0. The van der Waals surface area contributed by atoms with Crippen LogP contribution in [0.2, 0.25) is 0 Å². The van der Waals surface area contributed by atoms with Crippen molar-refractivity contribution in [2.75, 3.05) is 0 Å². The number of benzene rings is 3. The van der Waals surface area contributed by atoms with Crippen molar-refractivity contribution in [2.24, 2.45) is 0 Å². The van der Waals surface area contributed by atoms with Crippen LogP contribution < -0.4 is 10.4 Å². The molecule has 0 aliphatic carbocycles. The highest BCUT2D eigenvalue weighted by atomic mass is 19.1. The van der Waals surface area contributed by atoms with E-state index in [2.05, 4.69) is 0 Å². The lowest BCUT2D eigenvalue weighted by Gasteiger charge is -2.10. The number of hydrogen-bond donors (Lipinski definition) is 0. The second-order valence-electron chi connectivity index (χ2n) is 6.33. The smallest absolute Gasteiger partial charge is 0.344 e. The van der Waals surface area contributed by atoms with Gasteiger partial charge in [-0.25, -0.2) is 9.18 Å². The summed E-state index contributed by atoms with van der Waals surface area (Å²) in [5.41, 5.74) is 3.08. The molecule has 0 fully saturated rings. The van der Waals surface area contributed by atoms with Crippen LogP contribution in [-0.2, 0) is 6.61 Å². The van der Waals surface area contributed by atoms with Crippen LogP contribution in [0.25, 0.3) is 22.1 Å². The van der Waals surface area contributed by atoms with E-state index in [1.807, 2.05) is 49.4 Å². The molecule has 0 N–H and O–H groups in total. The molecule has 0 saturated carbocycles. The normalized spacial score (nSPS) is 10.9. The van der Waals surface area contributed by atoms with Crippen molar-refractivity contribution in [2.45, 2.75) is 13.5 Å². The van der Waals surface area contributed by atoms with E-state index in [1.165, 1.54) is 12.1 Å². The number of aryl methyl sites for hydroxylation is 1. The summed E-state index contributed by atoms with van der Waals surface area (Å²) in [5.74, 6) is 0.256. The molecule has 0 radical (unpaired) electrons. The van der Waals surface area contributed by atoms with Crippen molar-refractivity contribution >= 4 is 11.0 Å². The Hall–Kier alpha value is -3.40. The molecule has 4 rings (SSSR count). The van der Waals surface area contributed by atoms with E-state index in [-0.39, 0.29) is 18.0 Å². The summed E-state index contributed by atoms with van der Waals surface area (Å²) in [6, 6.07) is 21.1. The Morgan fingerprint density at radius 1 is 0.963 bits per heavy atom. The number of hydrogen-bond acceptors (Lipinski definition) is 3. The molecule has 0 unspecified atom stereocenters. The van der Waals surface area contributed by atoms with Crippen molar-refractivity contribution in [3.8, 4) is 16.9 Å². The summed E-state index contributed by atoms with van der Waals surface area (Å²) in [5, 5.41) is 0.853. The fourth-order valence-corrected chi connectivity index (χ4v) is 3.16. The van der Waals surface area contributed by atoms with Gasteiger partial charge in [-0.3, -0.25) is 0 Å². The third-order valence-electron chi connectivity index (χ3n) is 4.50. The Morgan fingerprint density at radius 3 is 2.56 bits per heavy atom. The van der Waals surface area contributed by atoms with Crippen molar-refractivity contribution < 1.29 is 13.5 Å². The molecule has 134 valence electrons. The lowest BCUT2D eigenvalue weighted by Crippen LogP contribution is -2.06. The highest BCUT2D eigenvalue weighted by Gasteiger charge is 2.13. The SMILES string of the molecule is Cc1c(-c2ccccc2)c(=O)oc2cc(OCc3cccc(F)c3)ccc12. The largest absolute Gasteiger partial charge is 0.489 e. The van der Waals surface area contributed by atoms with Crippen LogP contribution in [0.4, 0.5) is 4.39 Å². The molecular weight excluding hydrogens is 343 g/mol. The van der Waals surface area contributed by atoms with Crippen molar-refractivity contribution in [1.82, 2.24) is 0 Å². The third-order valence-corrected chi connectivity index (χ3v) is 4.50. The molecule has 1 aromatic heterocycles. The monoisotopic (exact) mass is 360 g/mol. The predicted molar refractivity (Wildman–Crippen MR) is 103 cm³/mol. The number of rotatable bonds is 4. The predicted octanol–water partition coefficient (Wildman–Crippen LogP) is 5.49. The van der Waals surface area contributed by atoms with Gasteiger partial charge in [-0.2, -0.15) is 0 Å². The van der Waals surface area contributed by atoms with Gasteiger partial charge in [0.2, 0.25) is 0 Å². The summed E-state index contributed by atoms with van der Waals surface area (Å²) < 4.78 is 24.5. The second kappa shape index (κ2) is 7.08. The van der Waals surface area contributed by atoms with E-state index in [4.69, 9.17) is 9.15 Å². The van der Waals surface area contributed by atoms with Crippen molar-refractivity contribution in [3.63, 3.8) is 0 Å². The van der Waals surface area contributed by atoms with Crippen molar-refractivity contribution in [1.29, 1.82) is 0 Å². The maximum atomic E-state index is 13.3. The van der Waals surface area contributed by atoms with E-state index >= 15 is 0 Å². The zero-order valence-corrected chi connectivity index (χ0v) is 14.7. The highest BCUT2D eigenvalue weighted by molar-refractivity contribution is 5.87. The number of fused-ring (bicyclic) bond motifs is 1. The summed E-state index contributed by atoms with van der Waals surface area (Å²) in [6.45, 7) is 2.14. The van der Waals surface area contributed by atoms with Gasteiger partial charge in [-0.1, -0.05) is 42.5 Å². The van der Waals surface area contributed by atoms with Gasteiger partial charge in [-0.05, 0) is 47.9 Å². The van der Waals surface area contributed by atoms with Gasteiger partial charge in [0, 0.05) is 11.5 Å². The van der Waals surface area contributed by atoms with Gasteiger partial charge in [0.05, 0.1) is 5.56 Å². The molecule has 0 aliphatic rings. The fraction of sp³-hybridized carbons (Fsp3) is 0.0870. The summed E-state index contributed by atoms with van der Waals surface area (Å²) in [4.78, 5) is 12.5.